The highest BCUT2D eigenvalue weighted by Gasteiger charge is 2.37. The number of rotatable bonds is 4. The molecule has 0 saturated heterocycles. The summed E-state index contributed by atoms with van der Waals surface area (Å²) >= 11 is 0. The van der Waals surface area contributed by atoms with Crippen LogP contribution in [0, 0.1) is 5.92 Å². The van der Waals surface area contributed by atoms with Crippen LogP contribution in [0.5, 0.6) is 0 Å². The number of aliphatic hydroxyl groups excluding tert-OH is 1. The van der Waals surface area contributed by atoms with Gasteiger partial charge < -0.3 is 16.2 Å². The molecule has 110 valence electrons. The van der Waals surface area contributed by atoms with Gasteiger partial charge in [0.1, 0.15) is 0 Å². The number of amides is 1. The SMILES string of the molecule is CC1CCCC(N)(C(=O)NCC(O)c2ccccc2)C1. The molecule has 1 fully saturated rings. The zero-order chi connectivity index (χ0) is 14.6. The lowest BCUT2D eigenvalue weighted by molar-refractivity contribution is -0.128. The van der Waals surface area contributed by atoms with E-state index < -0.39 is 11.6 Å². The van der Waals surface area contributed by atoms with Crippen molar-refractivity contribution in [3.63, 3.8) is 0 Å². The summed E-state index contributed by atoms with van der Waals surface area (Å²) < 4.78 is 0. The number of nitrogens with two attached hydrogens (primary N) is 1. The fourth-order valence-corrected chi connectivity index (χ4v) is 2.96. The van der Waals surface area contributed by atoms with Gasteiger partial charge in [-0.25, -0.2) is 0 Å². The third kappa shape index (κ3) is 3.58. The Morgan fingerprint density at radius 3 is 2.85 bits per heavy atom. The van der Waals surface area contributed by atoms with E-state index >= 15 is 0 Å². The van der Waals surface area contributed by atoms with Crippen LogP contribution in [0.2, 0.25) is 0 Å². The highest BCUT2D eigenvalue weighted by molar-refractivity contribution is 5.86. The molecule has 4 N–H and O–H groups in total. The van der Waals surface area contributed by atoms with Gasteiger partial charge in [-0.15, -0.1) is 0 Å². The molecule has 0 aromatic heterocycles. The lowest BCUT2D eigenvalue weighted by Crippen LogP contribution is -2.56. The van der Waals surface area contributed by atoms with Crippen molar-refractivity contribution < 1.29 is 9.90 Å². The average molecular weight is 276 g/mol. The molecule has 1 saturated carbocycles. The molecule has 4 heteroatoms. The van der Waals surface area contributed by atoms with Crippen LogP contribution in [0.15, 0.2) is 30.3 Å². The summed E-state index contributed by atoms with van der Waals surface area (Å²) in [6.07, 6.45) is 2.89. The summed E-state index contributed by atoms with van der Waals surface area (Å²) in [6.45, 7) is 2.34. The largest absolute Gasteiger partial charge is 0.387 e. The summed E-state index contributed by atoms with van der Waals surface area (Å²) in [6, 6.07) is 9.32. The number of aliphatic hydroxyl groups is 1. The molecule has 2 rings (SSSR count). The van der Waals surface area contributed by atoms with Crippen molar-refractivity contribution in [1.29, 1.82) is 0 Å². The van der Waals surface area contributed by atoms with Gasteiger partial charge in [-0.2, -0.15) is 0 Å². The lowest BCUT2D eigenvalue weighted by Gasteiger charge is -2.35. The maximum absolute atomic E-state index is 12.3. The van der Waals surface area contributed by atoms with E-state index in [2.05, 4.69) is 12.2 Å². The molecule has 1 aliphatic rings. The summed E-state index contributed by atoms with van der Waals surface area (Å²) in [7, 11) is 0. The zero-order valence-corrected chi connectivity index (χ0v) is 12.0. The molecule has 0 bridgehead atoms. The minimum atomic E-state index is -0.770. The maximum atomic E-state index is 12.3. The number of carbonyl (C=O) groups is 1. The molecule has 1 aromatic rings. The molecule has 1 aromatic carbocycles. The molecule has 4 nitrogen and oxygen atoms in total. The molecule has 20 heavy (non-hydrogen) atoms. The van der Waals surface area contributed by atoms with Crippen molar-refractivity contribution in [2.45, 2.75) is 44.2 Å². The van der Waals surface area contributed by atoms with Crippen LogP contribution in [-0.2, 0) is 4.79 Å². The van der Waals surface area contributed by atoms with E-state index in [4.69, 9.17) is 5.73 Å². The molecular weight excluding hydrogens is 252 g/mol. The number of carbonyl (C=O) groups excluding carboxylic acids is 1. The van der Waals surface area contributed by atoms with Crippen molar-refractivity contribution in [3.8, 4) is 0 Å². The third-order valence-corrected chi connectivity index (χ3v) is 4.13. The van der Waals surface area contributed by atoms with Crippen molar-refractivity contribution in [2.24, 2.45) is 11.7 Å². The first-order chi connectivity index (χ1) is 9.51. The van der Waals surface area contributed by atoms with E-state index in [0.717, 1.165) is 31.2 Å². The molecule has 3 unspecified atom stereocenters. The van der Waals surface area contributed by atoms with Crippen LogP contribution in [0.25, 0.3) is 0 Å². The fourth-order valence-electron chi connectivity index (χ4n) is 2.96. The second kappa shape index (κ2) is 6.37. The first kappa shape index (κ1) is 15.0. The molecular formula is C16H24N2O2. The Labute approximate surface area is 120 Å². The summed E-state index contributed by atoms with van der Waals surface area (Å²) in [5.41, 5.74) is 6.26. The van der Waals surface area contributed by atoms with Crippen LogP contribution < -0.4 is 11.1 Å². The second-order valence-electron chi connectivity index (χ2n) is 5.99. The highest BCUT2D eigenvalue weighted by atomic mass is 16.3. The molecule has 0 spiro atoms. The van der Waals surface area contributed by atoms with Crippen LogP contribution in [0.3, 0.4) is 0 Å². The van der Waals surface area contributed by atoms with Crippen molar-refractivity contribution in [1.82, 2.24) is 5.32 Å². The number of hydrogen-bond donors (Lipinski definition) is 3. The average Bonchev–Trinajstić information content (AvgIpc) is 2.45. The summed E-state index contributed by atoms with van der Waals surface area (Å²) in [5.74, 6) is 0.345. The van der Waals surface area contributed by atoms with Gasteiger partial charge in [-0.1, -0.05) is 50.1 Å². The monoisotopic (exact) mass is 276 g/mol. The Balaban J connectivity index is 1.88. The van der Waals surface area contributed by atoms with E-state index in [1.807, 2.05) is 30.3 Å². The zero-order valence-electron chi connectivity index (χ0n) is 12.0. The van der Waals surface area contributed by atoms with E-state index in [1.165, 1.54) is 0 Å². The Bertz CT molecular complexity index is 449. The van der Waals surface area contributed by atoms with Gasteiger partial charge in [0, 0.05) is 6.54 Å². The third-order valence-electron chi connectivity index (χ3n) is 4.13. The van der Waals surface area contributed by atoms with Gasteiger partial charge in [-0.3, -0.25) is 4.79 Å². The van der Waals surface area contributed by atoms with Crippen LogP contribution in [0.4, 0.5) is 0 Å². The van der Waals surface area contributed by atoms with Gasteiger partial charge in [0.15, 0.2) is 0 Å². The van der Waals surface area contributed by atoms with Crippen molar-refractivity contribution >= 4 is 5.91 Å². The molecule has 0 heterocycles. The number of nitrogens with one attached hydrogen (secondary N) is 1. The fraction of sp³-hybridized carbons (Fsp3) is 0.562. The quantitative estimate of drug-likeness (QED) is 0.784. The first-order valence-corrected chi connectivity index (χ1v) is 7.31. The van der Waals surface area contributed by atoms with Gasteiger partial charge in [0.2, 0.25) is 5.91 Å². The smallest absolute Gasteiger partial charge is 0.240 e. The molecule has 0 radical (unpaired) electrons. The number of benzene rings is 1. The van der Waals surface area contributed by atoms with Gasteiger partial charge in [0.25, 0.3) is 0 Å². The van der Waals surface area contributed by atoms with Crippen LogP contribution in [-0.4, -0.2) is 23.1 Å². The minimum absolute atomic E-state index is 0.140. The molecule has 1 amide bonds. The number of hydrogen-bond acceptors (Lipinski definition) is 3. The summed E-state index contributed by atoms with van der Waals surface area (Å²) in [4.78, 5) is 12.3. The minimum Gasteiger partial charge on any atom is -0.387 e. The van der Waals surface area contributed by atoms with Crippen LogP contribution >= 0.6 is 0 Å². The van der Waals surface area contributed by atoms with Crippen molar-refractivity contribution in [3.05, 3.63) is 35.9 Å². The highest BCUT2D eigenvalue weighted by Crippen LogP contribution is 2.30. The van der Waals surface area contributed by atoms with E-state index in [1.54, 1.807) is 0 Å². The van der Waals surface area contributed by atoms with Gasteiger partial charge in [0.05, 0.1) is 11.6 Å². The molecule has 0 aliphatic heterocycles. The normalized spacial score (nSPS) is 27.9. The Hall–Kier alpha value is -1.39. The topological polar surface area (TPSA) is 75.4 Å². The predicted octanol–water partition coefficient (Wildman–Crippen LogP) is 1.74. The van der Waals surface area contributed by atoms with E-state index in [0.29, 0.717) is 5.92 Å². The van der Waals surface area contributed by atoms with Crippen LogP contribution in [0.1, 0.15) is 44.3 Å². The Morgan fingerprint density at radius 1 is 1.50 bits per heavy atom. The van der Waals surface area contributed by atoms with E-state index in [-0.39, 0.29) is 12.5 Å². The second-order valence-corrected chi connectivity index (χ2v) is 5.99. The Morgan fingerprint density at radius 2 is 2.20 bits per heavy atom. The van der Waals surface area contributed by atoms with Gasteiger partial charge >= 0.3 is 0 Å². The standard InChI is InChI=1S/C16H24N2O2/c1-12-6-5-9-16(17,10-12)15(20)18-11-14(19)13-7-3-2-4-8-13/h2-4,7-8,12,14,19H,5-6,9-11,17H2,1H3,(H,18,20). The van der Waals surface area contributed by atoms with Gasteiger partial charge in [-0.05, 0) is 24.3 Å². The lowest BCUT2D eigenvalue weighted by atomic mass is 9.76. The molecule has 3 atom stereocenters. The first-order valence-electron chi connectivity index (χ1n) is 7.31. The predicted molar refractivity (Wildman–Crippen MR) is 79.0 cm³/mol. The van der Waals surface area contributed by atoms with E-state index in [9.17, 15) is 9.90 Å². The Kier molecular flexibility index (Phi) is 4.78. The van der Waals surface area contributed by atoms with Crippen molar-refractivity contribution in [2.75, 3.05) is 6.54 Å². The molecule has 1 aliphatic carbocycles. The summed E-state index contributed by atoms with van der Waals surface area (Å²) in [5, 5.41) is 12.8. The maximum Gasteiger partial charge on any atom is 0.240 e.